The van der Waals surface area contributed by atoms with Gasteiger partial charge in [0.15, 0.2) is 0 Å². The Balaban J connectivity index is 1.52. The number of nitrogens with one attached hydrogen (secondary N) is 1. The Bertz CT molecular complexity index is 1310. The maximum absolute atomic E-state index is 13.1. The maximum Gasteiger partial charge on any atom is 0.253 e. The number of aromatic nitrogens is 2. The van der Waals surface area contributed by atoms with E-state index < -0.39 is 0 Å². The zero-order valence-corrected chi connectivity index (χ0v) is 21.3. The van der Waals surface area contributed by atoms with Gasteiger partial charge in [0, 0.05) is 29.2 Å². The smallest absolute Gasteiger partial charge is 0.253 e. The molecular weight excluding hydrogens is 454 g/mol. The van der Waals surface area contributed by atoms with Crippen LogP contribution in [0.15, 0.2) is 60.0 Å². The second kappa shape index (κ2) is 10.1. The first-order valence-electron chi connectivity index (χ1n) is 12.3. The number of carbonyl (C=O) groups excluding carboxylic acids is 1. The summed E-state index contributed by atoms with van der Waals surface area (Å²) in [6, 6.07) is 18.9. The summed E-state index contributed by atoms with van der Waals surface area (Å²) in [6.45, 7) is 4.90. The molecule has 2 heterocycles. The molecule has 4 aromatic rings. The molecular formula is C29H31N3O2S. The Morgan fingerprint density at radius 2 is 1.86 bits per heavy atom. The first kappa shape index (κ1) is 23.4. The number of fused-ring (bicyclic) bond motifs is 1. The minimum Gasteiger partial charge on any atom is -0.497 e. The summed E-state index contributed by atoms with van der Waals surface area (Å²) in [7, 11) is 1.67. The molecule has 0 atom stereocenters. The number of ether oxygens (including phenoxy) is 1. The molecule has 1 aliphatic carbocycles. The molecule has 0 radical (unpaired) electrons. The van der Waals surface area contributed by atoms with Crippen LogP contribution in [0, 0.1) is 6.92 Å². The molecule has 0 fully saturated rings. The first-order chi connectivity index (χ1) is 17.1. The lowest BCUT2D eigenvalue weighted by Gasteiger charge is -2.18. The van der Waals surface area contributed by atoms with Gasteiger partial charge in [-0.15, -0.1) is 11.3 Å². The number of amides is 1. The van der Waals surface area contributed by atoms with Crippen LogP contribution in [0.25, 0.3) is 22.0 Å². The fourth-order valence-electron chi connectivity index (χ4n) is 4.97. The lowest BCUT2D eigenvalue weighted by Crippen LogP contribution is -2.25. The van der Waals surface area contributed by atoms with Gasteiger partial charge in [-0.2, -0.15) is 0 Å². The van der Waals surface area contributed by atoms with Gasteiger partial charge < -0.3 is 14.6 Å². The molecule has 35 heavy (non-hydrogen) atoms. The average molecular weight is 486 g/mol. The van der Waals surface area contributed by atoms with Crippen LogP contribution in [0.5, 0.6) is 5.75 Å². The highest BCUT2D eigenvalue weighted by Crippen LogP contribution is 2.38. The van der Waals surface area contributed by atoms with Crippen LogP contribution in [0.1, 0.15) is 53.0 Å². The summed E-state index contributed by atoms with van der Waals surface area (Å²) in [5.41, 5.74) is 7.51. The fourth-order valence-corrected chi connectivity index (χ4v) is 5.79. The molecule has 0 saturated carbocycles. The van der Waals surface area contributed by atoms with Crippen molar-refractivity contribution in [3.63, 3.8) is 0 Å². The second-order valence-electron chi connectivity index (χ2n) is 9.11. The Morgan fingerprint density at radius 1 is 1.14 bits per heavy atom. The third-order valence-electron chi connectivity index (χ3n) is 6.85. The molecule has 2 aromatic heterocycles. The average Bonchev–Trinajstić information content (AvgIpc) is 3.60. The third-order valence-corrected chi connectivity index (χ3v) is 7.74. The number of thiazole rings is 1. The molecule has 0 spiro atoms. The molecule has 0 bridgehead atoms. The summed E-state index contributed by atoms with van der Waals surface area (Å²) in [6.07, 6.45) is 3.96. The zero-order chi connectivity index (χ0) is 24.4. The number of nitrogens with zero attached hydrogens (tertiary/aromatic N) is 2. The van der Waals surface area contributed by atoms with Crippen LogP contribution in [-0.2, 0) is 12.8 Å². The molecule has 5 rings (SSSR count). The topological polar surface area (TPSA) is 56.1 Å². The largest absolute Gasteiger partial charge is 0.497 e. The Labute approximate surface area is 210 Å². The van der Waals surface area contributed by atoms with E-state index in [1.807, 2.05) is 30.3 Å². The number of benzene rings is 2. The van der Waals surface area contributed by atoms with Crippen LogP contribution >= 0.6 is 11.3 Å². The van der Waals surface area contributed by atoms with Crippen molar-refractivity contribution in [3.05, 3.63) is 82.4 Å². The Hall–Kier alpha value is -3.38. The SMILES string of the molecule is CCCCNC(=O)c1cc(-c2csc(-c3ccc(OC)cc3)n2)n(C2Cc3ccccc3C2)c1C. The third kappa shape index (κ3) is 4.63. The lowest BCUT2D eigenvalue weighted by atomic mass is 10.1. The minimum absolute atomic E-state index is 0.00271. The second-order valence-corrected chi connectivity index (χ2v) is 9.96. The van der Waals surface area contributed by atoms with E-state index in [0.717, 1.165) is 64.6 Å². The van der Waals surface area contributed by atoms with Gasteiger partial charge in [0.05, 0.1) is 24.1 Å². The van der Waals surface area contributed by atoms with Crippen molar-refractivity contribution in [1.29, 1.82) is 0 Å². The first-order valence-corrected chi connectivity index (χ1v) is 13.1. The highest BCUT2D eigenvalue weighted by Gasteiger charge is 2.29. The van der Waals surface area contributed by atoms with Gasteiger partial charge in [-0.05, 0) is 67.6 Å². The molecule has 5 nitrogen and oxygen atoms in total. The number of carbonyl (C=O) groups is 1. The van der Waals surface area contributed by atoms with Gasteiger partial charge >= 0.3 is 0 Å². The maximum atomic E-state index is 13.1. The lowest BCUT2D eigenvalue weighted by molar-refractivity contribution is 0.0952. The monoisotopic (exact) mass is 485 g/mol. The predicted octanol–water partition coefficient (Wildman–Crippen LogP) is 6.47. The van der Waals surface area contributed by atoms with Gasteiger partial charge in [-0.3, -0.25) is 4.79 Å². The molecule has 0 aliphatic heterocycles. The van der Waals surface area contributed by atoms with Crippen LogP contribution in [0.4, 0.5) is 0 Å². The number of hydrogen-bond donors (Lipinski definition) is 1. The fraction of sp³-hybridized carbons (Fsp3) is 0.310. The molecule has 1 N–H and O–H groups in total. The molecule has 0 saturated heterocycles. The quantitative estimate of drug-likeness (QED) is 0.291. The highest BCUT2D eigenvalue weighted by molar-refractivity contribution is 7.13. The van der Waals surface area contributed by atoms with E-state index in [1.165, 1.54) is 11.1 Å². The van der Waals surface area contributed by atoms with Crippen molar-refractivity contribution in [3.8, 4) is 27.7 Å². The summed E-state index contributed by atoms with van der Waals surface area (Å²) >= 11 is 1.62. The van der Waals surface area contributed by atoms with Gasteiger partial charge in [0.2, 0.25) is 0 Å². The molecule has 180 valence electrons. The molecule has 0 unspecified atom stereocenters. The Morgan fingerprint density at radius 3 is 2.51 bits per heavy atom. The standard InChI is InChI=1S/C29H31N3O2S/c1-4-5-14-30-28(33)25-17-27(26-18-35-29(31-26)20-10-12-24(34-3)13-11-20)32(19(25)2)23-15-21-8-6-7-9-22(21)16-23/h6-13,17-18,23H,4-5,14-16H2,1-3H3,(H,30,33). The van der Waals surface area contributed by atoms with Gasteiger partial charge in [0.25, 0.3) is 5.91 Å². The van der Waals surface area contributed by atoms with E-state index in [-0.39, 0.29) is 11.9 Å². The summed E-state index contributed by atoms with van der Waals surface area (Å²) in [5.74, 6) is 0.826. The van der Waals surface area contributed by atoms with E-state index in [4.69, 9.17) is 9.72 Å². The summed E-state index contributed by atoms with van der Waals surface area (Å²) in [4.78, 5) is 18.1. The van der Waals surface area contributed by atoms with Gasteiger partial charge in [-0.1, -0.05) is 37.6 Å². The molecule has 6 heteroatoms. The van der Waals surface area contributed by atoms with Gasteiger partial charge in [0.1, 0.15) is 10.8 Å². The number of hydrogen-bond acceptors (Lipinski definition) is 4. The number of rotatable bonds is 8. The van der Waals surface area contributed by atoms with E-state index in [9.17, 15) is 4.79 Å². The van der Waals surface area contributed by atoms with Crippen LogP contribution in [-0.4, -0.2) is 29.1 Å². The van der Waals surface area contributed by atoms with E-state index >= 15 is 0 Å². The van der Waals surface area contributed by atoms with Crippen molar-refractivity contribution in [1.82, 2.24) is 14.9 Å². The van der Waals surface area contributed by atoms with Crippen LogP contribution in [0.3, 0.4) is 0 Å². The number of methoxy groups -OCH3 is 1. The molecule has 1 amide bonds. The molecule has 1 aliphatic rings. The van der Waals surface area contributed by atoms with Crippen molar-refractivity contribution in [2.75, 3.05) is 13.7 Å². The van der Waals surface area contributed by atoms with Crippen LogP contribution in [0.2, 0.25) is 0 Å². The normalized spacial score (nSPS) is 13.1. The van der Waals surface area contributed by atoms with Crippen molar-refractivity contribution < 1.29 is 9.53 Å². The van der Waals surface area contributed by atoms with Crippen molar-refractivity contribution in [2.45, 2.75) is 45.6 Å². The van der Waals surface area contributed by atoms with E-state index in [1.54, 1.807) is 18.4 Å². The van der Waals surface area contributed by atoms with Crippen molar-refractivity contribution >= 4 is 17.2 Å². The summed E-state index contributed by atoms with van der Waals surface area (Å²) in [5, 5.41) is 6.16. The van der Waals surface area contributed by atoms with Crippen molar-refractivity contribution in [2.24, 2.45) is 0 Å². The zero-order valence-electron chi connectivity index (χ0n) is 20.5. The molecule has 2 aromatic carbocycles. The Kier molecular flexibility index (Phi) is 6.73. The van der Waals surface area contributed by atoms with E-state index in [2.05, 4.69) is 53.4 Å². The summed E-state index contributed by atoms with van der Waals surface area (Å²) < 4.78 is 7.64. The van der Waals surface area contributed by atoms with Crippen LogP contribution < -0.4 is 10.1 Å². The number of unbranched alkanes of at least 4 members (excludes halogenated alkanes) is 1. The van der Waals surface area contributed by atoms with Gasteiger partial charge in [-0.25, -0.2) is 4.98 Å². The van der Waals surface area contributed by atoms with E-state index in [0.29, 0.717) is 6.54 Å². The predicted molar refractivity (Wildman–Crippen MR) is 142 cm³/mol. The highest BCUT2D eigenvalue weighted by atomic mass is 32.1. The minimum atomic E-state index is -0.00271.